The number of carbonyl (C=O) groups is 2. The average Bonchev–Trinajstić information content (AvgIpc) is 2.61. The fourth-order valence-electron chi connectivity index (χ4n) is 2.98. The maximum atomic E-state index is 13.1. The molecule has 0 atom stereocenters. The monoisotopic (exact) mass is 332 g/mol. The number of nitrogens with one attached hydrogen (secondary N) is 1. The van der Waals surface area contributed by atoms with Crippen molar-refractivity contribution in [1.29, 1.82) is 0 Å². The Balaban J connectivity index is 2.02. The second-order valence-corrected chi connectivity index (χ2v) is 6.02. The molecule has 0 saturated carbocycles. The van der Waals surface area contributed by atoms with Gasteiger partial charge < -0.3 is 10.2 Å². The quantitative estimate of drug-likeness (QED) is 0.773. The van der Waals surface area contributed by atoms with Gasteiger partial charge in [-0.3, -0.25) is 9.59 Å². The first-order valence-electron chi connectivity index (χ1n) is 8.12. The summed E-state index contributed by atoms with van der Waals surface area (Å²) in [5.74, 6) is -0.267. The van der Waals surface area contributed by atoms with E-state index in [1.165, 1.54) is 6.92 Å². The van der Waals surface area contributed by atoms with Crippen LogP contribution in [0.3, 0.4) is 0 Å². The average molecular weight is 332 g/mol. The number of carbonyl (C=O) groups excluding carboxylic acids is 2. The second-order valence-electron chi connectivity index (χ2n) is 6.02. The van der Waals surface area contributed by atoms with Gasteiger partial charge in [0, 0.05) is 30.6 Å². The largest absolute Gasteiger partial charge is 0.326 e. The predicted octanol–water partition coefficient (Wildman–Crippen LogP) is 4.38. The van der Waals surface area contributed by atoms with E-state index in [4.69, 9.17) is 0 Å². The number of rotatable bonds is 3. The van der Waals surface area contributed by atoms with Gasteiger partial charge in [-0.15, -0.1) is 0 Å². The van der Waals surface area contributed by atoms with Gasteiger partial charge in [0.2, 0.25) is 5.91 Å². The molecule has 25 heavy (non-hydrogen) atoms. The van der Waals surface area contributed by atoms with Gasteiger partial charge in [0.05, 0.1) is 5.69 Å². The zero-order valence-electron chi connectivity index (χ0n) is 14.5. The molecule has 0 saturated heterocycles. The molecule has 4 nitrogen and oxygen atoms in total. The smallest absolute Gasteiger partial charge is 0.258 e. The number of hydrogen-bond acceptors (Lipinski definition) is 2. The third-order valence-corrected chi connectivity index (χ3v) is 4.31. The van der Waals surface area contributed by atoms with Gasteiger partial charge in [0.15, 0.2) is 0 Å². The van der Waals surface area contributed by atoms with Gasteiger partial charge in [-0.05, 0) is 36.1 Å². The van der Waals surface area contributed by atoms with Crippen LogP contribution in [0.15, 0.2) is 60.7 Å². The van der Waals surface area contributed by atoms with Crippen LogP contribution in [0.1, 0.15) is 22.8 Å². The minimum absolute atomic E-state index is 0.110. The topological polar surface area (TPSA) is 49.4 Å². The molecule has 3 aromatic carbocycles. The predicted molar refractivity (Wildman–Crippen MR) is 102 cm³/mol. The van der Waals surface area contributed by atoms with Crippen molar-refractivity contribution in [3.63, 3.8) is 0 Å². The van der Waals surface area contributed by atoms with Crippen molar-refractivity contribution in [2.24, 2.45) is 0 Å². The van der Waals surface area contributed by atoms with E-state index in [0.717, 1.165) is 22.0 Å². The van der Waals surface area contributed by atoms with E-state index in [9.17, 15) is 9.59 Å². The van der Waals surface area contributed by atoms with Crippen molar-refractivity contribution in [2.45, 2.75) is 13.8 Å². The molecular formula is C21H20N2O2. The summed E-state index contributed by atoms with van der Waals surface area (Å²) in [6.45, 7) is 3.30. The highest BCUT2D eigenvalue weighted by molar-refractivity contribution is 6.11. The number of fused-ring (bicyclic) bond motifs is 1. The van der Waals surface area contributed by atoms with Crippen LogP contribution in [0.2, 0.25) is 0 Å². The molecule has 0 bridgehead atoms. The van der Waals surface area contributed by atoms with Crippen molar-refractivity contribution in [3.8, 4) is 0 Å². The first-order chi connectivity index (χ1) is 12.0. The van der Waals surface area contributed by atoms with Crippen LogP contribution in [0.25, 0.3) is 10.8 Å². The molecule has 1 N–H and O–H groups in total. The molecule has 0 unspecified atom stereocenters. The van der Waals surface area contributed by atoms with Crippen molar-refractivity contribution in [2.75, 3.05) is 17.3 Å². The summed E-state index contributed by atoms with van der Waals surface area (Å²) in [5.41, 5.74) is 2.84. The Labute approximate surface area is 147 Å². The summed E-state index contributed by atoms with van der Waals surface area (Å²) in [5, 5.41) is 4.88. The van der Waals surface area contributed by atoms with Crippen LogP contribution in [-0.4, -0.2) is 18.9 Å². The lowest BCUT2D eigenvalue weighted by atomic mass is 10.0. The fraction of sp³-hybridized carbons (Fsp3) is 0.143. The van der Waals surface area contributed by atoms with Crippen LogP contribution in [0.5, 0.6) is 0 Å². The molecule has 0 aliphatic carbocycles. The number of nitrogens with zero attached hydrogens (tertiary/aromatic N) is 1. The minimum Gasteiger partial charge on any atom is -0.326 e. The van der Waals surface area contributed by atoms with E-state index >= 15 is 0 Å². The van der Waals surface area contributed by atoms with E-state index in [0.29, 0.717) is 11.3 Å². The molecule has 0 aliphatic rings. The molecule has 2 amide bonds. The molecule has 0 fully saturated rings. The van der Waals surface area contributed by atoms with Crippen LogP contribution >= 0.6 is 0 Å². The number of amides is 2. The highest BCUT2D eigenvalue weighted by Gasteiger charge is 2.18. The first-order valence-corrected chi connectivity index (χ1v) is 8.12. The van der Waals surface area contributed by atoms with E-state index in [2.05, 4.69) is 5.32 Å². The summed E-state index contributed by atoms with van der Waals surface area (Å²) >= 11 is 0. The fourth-order valence-corrected chi connectivity index (χ4v) is 2.98. The zero-order chi connectivity index (χ0) is 18.0. The van der Waals surface area contributed by atoms with Gasteiger partial charge >= 0.3 is 0 Å². The lowest BCUT2D eigenvalue weighted by Crippen LogP contribution is -2.27. The molecule has 3 rings (SSSR count). The molecule has 0 spiro atoms. The van der Waals surface area contributed by atoms with Crippen molar-refractivity contribution < 1.29 is 9.59 Å². The van der Waals surface area contributed by atoms with Gasteiger partial charge in [-0.1, -0.05) is 42.5 Å². The van der Waals surface area contributed by atoms with E-state index in [1.807, 2.05) is 49.4 Å². The SMILES string of the molecule is CC(=O)Nc1cccc(C(=O)N(C)c2cccc3ccccc23)c1C. The summed E-state index contributed by atoms with van der Waals surface area (Å²) in [4.78, 5) is 26.1. The van der Waals surface area contributed by atoms with Gasteiger partial charge in [-0.25, -0.2) is 0 Å². The highest BCUT2D eigenvalue weighted by Crippen LogP contribution is 2.28. The minimum atomic E-state index is -0.157. The summed E-state index contributed by atoms with van der Waals surface area (Å²) in [6, 6.07) is 19.3. The maximum absolute atomic E-state index is 13.1. The Kier molecular flexibility index (Phi) is 4.52. The number of benzene rings is 3. The van der Waals surface area contributed by atoms with Crippen molar-refractivity contribution in [1.82, 2.24) is 0 Å². The van der Waals surface area contributed by atoms with E-state index < -0.39 is 0 Å². The third kappa shape index (κ3) is 3.24. The lowest BCUT2D eigenvalue weighted by molar-refractivity contribution is -0.114. The Morgan fingerprint density at radius 3 is 2.36 bits per heavy atom. The summed E-state index contributed by atoms with van der Waals surface area (Å²) in [7, 11) is 1.77. The molecule has 0 radical (unpaired) electrons. The number of hydrogen-bond donors (Lipinski definition) is 1. The highest BCUT2D eigenvalue weighted by atomic mass is 16.2. The standard InChI is InChI=1S/C21H20N2O2/c1-14-17(11-7-12-19(14)22-15(2)24)21(25)23(3)20-13-6-9-16-8-4-5-10-18(16)20/h4-13H,1-3H3,(H,22,24). The van der Waals surface area contributed by atoms with Crippen molar-refractivity contribution in [3.05, 3.63) is 71.8 Å². The molecule has 0 aliphatic heterocycles. The molecule has 126 valence electrons. The van der Waals surface area contributed by atoms with E-state index in [1.54, 1.807) is 30.1 Å². The summed E-state index contributed by atoms with van der Waals surface area (Å²) < 4.78 is 0. The summed E-state index contributed by atoms with van der Waals surface area (Å²) in [6.07, 6.45) is 0. The third-order valence-electron chi connectivity index (χ3n) is 4.31. The molecule has 0 aromatic heterocycles. The lowest BCUT2D eigenvalue weighted by Gasteiger charge is -2.21. The van der Waals surface area contributed by atoms with Crippen LogP contribution < -0.4 is 10.2 Å². The molecule has 4 heteroatoms. The van der Waals surface area contributed by atoms with E-state index in [-0.39, 0.29) is 11.8 Å². The Bertz CT molecular complexity index is 958. The van der Waals surface area contributed by atoms with Crippen LogP contribution in [-0.2, 0) is 4.79 Å². The molecule has 0 heterocycles. The Hall–Kier alpha value is -3.14. The van der Waals surface area contributed by atoms with Gasteiger partial charge in [0.1, 0.15) is 0 Å². The van der Waals surface area contributed by atoms with Gasteiger partial charge in [-0.2, -0.15) is 0 Å². The Morgan fingerprint density at radius 1 is 0.920 bits per heavy atom. The van der Waals surface area contributed by atoms with Crippen LogP contribution in [0, 0.1) is 6.92 Å². The van der Waals surface area contributed by atoms with Gasteiger partial charge in [0.25, 0.3) is 5.91 Å². The zero-order valence-corrected chi connectivity index (χ0v) is 14.5. The Morgan fingerprint density at radius 2 is 1.60 bits per heavy atom. The maximum Gasteiger partial charge on any atom is 0.258 e. The van der Waals surface area contributed by atoms with Crippen LogP contribution in [0.4, 0.5) is 11.4 Å². The number of anilines is 2. The molecular weight excluding hydrogens is 312 g/mol. The second kappa shape index (κ2) is 6.77. The molecule has 3 aromatic rings. The normalized spacial score (nSPS) is 10.5. The van der Waals surface area contributed by atoms with Crippen molar-refractivity contribution >= 4 is 34.0 Å². The first kappa shape index (κ1) is 16.7.